The first-order chi connectivity index (χ1) is 16.9. The number of nitrogens with zero attached hydrogens (tertiary/aromatic N) is 1. The highest BCUT2D eigenvalue weighted by Crippen LogP contribution is 2.21. The van der Waals surface area contributed by atoms with E-state index in [2.05, 4.69) is 5.32 Å². The van der Waals surface area contributed by atoms with Crippen molar-refractivity contribution in [2.75, 3.05) is 38.2 Å². The van der Waals surface area contributed by atoms with Gasteiger partial charge in [-0.05, 0) is 34.9 Å². The Bertz CT molecular complexity index is 1270. The number of nitrogens with one attached hydrogen (secondary N) is 1. The van der Waals surface area contributed by atoms with Crippen molar-refractivity contribution in [2.24, 2.45) is 0 Å². The number of anilines is 1. The van der Waals surface area contributed by atoms with Gasteiger partial charge >= 0.3 is 5.97 Å². The van der Waals surface area contributed by atoms with Crippen LogP contribution in [0.3, 0.4) is 0 Å². The van der Waals surface area contributed by atoms with Gasteiger partial charge < -0.3 is 14.8 Å². The van der Waals surface area contributed by atoms with Gasteiger partial charge in [0.1, 0.15) is 0 Å². The van der Waals surface area contributed by atoms with E-state index >= 15 is 0 Å². The Morgan fingerprint density at radius 3 is 2.29 bits per heavy atom. The number of carbonyl (C=O) groups excluding carboxylic acids is 2. The van der Waals surface area contributed by atoms with Gasteiger partial charge in [-0.15, -0.1) is 0 Å². The van der Waals surface area contributed by atoms with E-state index in [4.69, 9.17) is 9.47 Å². The minimum Gasteiger partial charge on any atom is -0.455 e. The zero-order valence-corrected chi connectivity index (χ0v) is 19.9. The Balaban J connectivity index is 1.28. The van der Waals surface area contributed by atoms with E-state index in [1.807, 2.05) is 54.6 Å². The van der Waals surface area contributed by atoms with Crippen LogP contribution in [0.1, 0.15) is 5.56 Å². The molecular weight excluding hydrogens is 468 g/mol. The normalized spacial score (nSPS) is 14.3. The number of amides is 1. The van der Waals surface area contributed by atoms with Crippen molar-refractivity contribution in [3.8, 4) is 11.1 Å². The summed E-state index contributed by atoms with van der Waals surface area (Å²) in [6.45, 7) is 0.783. The van der Waals surface area contributed by atoms with Crippen LogP contribution in [-0.4, -0.2) is 57.5 Å². The molecule has 4 rings (SSSR count). The molecule has 1 saturated heterocycles. The van der Waals surface area contributed by atoms with Crippen LogP contribution >= 0.6 is 0 Å². The van der Waals surface area contributed by atoms with Crippen molar-refractivity contribution in [2.45, 2.75) is 11.3 Å². The number of hydrogen-bond donors (Lipinski definition) is 1. The predicted octanol–water partition coefficient (Wildman–Crippen LogP) is 3.10. The van der Waals surface area contributed by atoms with Gasteiger partial charge in [0.25, 0.3) is 5.91 Å². The molecule has 1 aliphatic rings. The van der Waals surface area contributed by atoms with Crippen molar-refractivity contribution in [1.29, 1.82) is 0 Å². The molecule has 1 N–H and O–H groups in total. The van der Waals surface area contributed by atoms with Gasteiger partial charge in [-0.3, -0.25) is 9.59 Å². The standard InChI is InChI=1S/C26H26N2O6S/c29-25(27-23-7-4-8-24(18-23)35(31,32)28-13-15-33-16-14-28)19-34-26(30)17-20-9-11-22(12-10-20)21-5-2-1-3-6-21/h1-12,18H,13-17,19H2,(H,27,29). The molecule has 35 heavy (non-hydrogen) atoms. The molecular formula is C26H26N2O6S. The second-order valence-electron chi connectivity index (χ2n) is 7.99. The second-order valence-corrected chi connectivity index (χ2v) is 9.93. The summed E-state index contributed by atoms with van der Waals surface area (Å²) in [6.07, 6.45) is 0.0373. The topological polar surface area (TPSA) is 102 Å². The van der Waals surface area contributed by atoms with Gasteiger partial charge in [-0.1, -0.05) is 60.7 Å². The highest BCUT2D eigenvalue weighted by Gasteiger charge is 2.26. The molecule has 0 saturated carbocycles. The van der Waals surface area contributed by atoms with E-state index in [0.29, 0.717) is 18.9 Å². The summed E-state index contributed by atoms with van der Waals surface area (Å²) < 4.78 is 37.3. The molecule has 0 aromatic heterocycles. The summed E-state index contributed by atoms with van der Waals surface area (Å²) in [5.41, 5.74) is 3.20. The van der Waals surface area contributed by atoms with Crippen LogP contribution in [0.15, 0.2) is 83.8 Å². The molecule has 0 atom stereocenters. The highest BCUT2D eigenvalue weighted by molar-refractivity contribution is 7.89. The first-order valence-electron chi connectivity index (χ1n) is 11.2. The first kappa shape index (κ1) is 24.6. The van der Waals surface area contributed by atoms with E-state index in [9.17, 15) is 18.0 Å². The van der Waals surface area contributed by atoms with Crippen molar-refractivity contribution >= 4 is 27.6 Å². The molecule has 0 spiro atoms. The lowest BCUT2D eigenvalue weighted by Gasteiger charge is -2.26. The summed E-state index contributed by atoms with van der Waals surface area (Å²) in [6, 6.07) is 23.5. The molecule has 1 heterocycles. The Kier molecular flexibility index (Phi) is 7.91. The fourth-order valence-electron chi connectivity index (χ4n) is 3.68. The summed E-state index contributed by atoms with van der Waals surface area (Å²) in [5.74, 6) is -1.09. The third-order valence-electron chi connectivity index (χ3n) is 5.50. The van der Waals surface area contributed by atoms with E-state index < -0.39 is 28.5 Å². The van der Waals surface area contributed by atoms with Gasteiger partial charge in [0.15, 0.2) is 6.61 Å². The van der Waals surface area contributed by atoms with E-state index in [-0.39, 0.29) is 24.4 Å². The number of esters is 1. The van der Waals surface area contributed by atoms with Crippen molar-refractivity contribution < 1.29 is 27.5 Å². The van der Waals surface area contributed by atoms with Gasteiger partial charge in [0.2, 0.25) is 10.0 Å². The maximum absolute atomic E-state index is 12.8. The molecule has 3 aromatic rings. The van der Waals surface area contributed by atoms with Gasteiger partial charge in [0.05, 0.1) is 24.5 Å². The van der Waals surface area contributed by atoms with Gasteiger partial charge in [0, 0.05) is 18.8 Å². The number of ether oxygens (including phenoxy) is 2. The van der Waals surface area contributed by atoms with Crippen LogP contribution in [0.25, 0.3) is 11.1 Å². The van der Waals surface area contributed by atoms with Crippen LogP contribution in [-0.2, 0) is 35.5 Å². The average Bonchev–Trinajstić information content (AvgIpc) is 2.89. The first-order valence-corrected chi connectivity index (χ1v) is 12.6. The molecule has 1 amide bonds. The van der Waals surface area contributed by atoms with E-state index in [0.717, 1.165) is 16.7 Å². The fourth-order valence-corrected chi connectivity index (χ4v) is 5.13. The number of carbonyl (C=O) groups is 2. The number of rotatable bonds is 8. The third kappa shape index (κ3) is 6.54. The molecule has 0 aliphatic carbocycles. The number of morpholine rings is 1. The molecule has 9 heteroatoms. The van der Waals surface area contributed by atoms with Crippen LogP contribution in [0.4, 0.5) is 5.69 Å². The number of hydrogen-bond acceptors (Lipinski definition) is 6. The largest absolute Gasteiger partial charge is 0.455 e. The Labute approximate surface area is 204 Å². The van der Waals surface area contributed by atoms with Gasteiger partial charge in [-0.25, -0.2) is 8.42 Å². The van der Waals surface area contributed by atoms with E-state index in [1.54, 1.807) is 12.1 Å². The smallest absolute Gasteiger partial charge is 0.310 e. The monoisotopic (exact) mass is 494 g/mol. The molecule has 0 unspecified atom stereocenters. The lowest BCUT2D eigenvalue weighted by Crippen LogP contribution is -2.40. The van der Waals surface area contributed by atoms with Crippen LogP contribution in [0, 0.1) is 0 Å². The SMILES string of the molecule is O=C(COC(=O)Cc1ccc(-c2ccccc2)cc1)Nc1cccc(S(=O)(=O)N2CCOCC2)c1. The van der Waals surface area contributed by atoms with Crippen LogP contribution in [0.2, 0.25) is 0 Å². The fraction of sp³-hybridized carbons (Fsp3) is 0.231. The minimum atomic E-state index is -3.68. The Hall–Kier alpha value is -3.53. The summed E-state index contributed by atoms with van der Waals surface area (Å²) in [7, 11) is -3.68. The van der Waals surface area contributed by atoms with Crippen molar-refractivity contribution in [1.82, 2.24) is 4.31 Å². The summed E-state index contributed by atoms with van der Waals surface area (Å²) >= 11 is 0. The second kappa shape index (κ2) is 11.3. The zero-order chi connectivity index (χ0) is 24.7. The summed E-state index contributed by atoms with van der Waals surface area (Å²) in [5, 5.41) is 2.58. The predicted molar refractivity (Wildman–Crippen MR) is 131 cm³/mol. The molecule has 8 nitrogen and oxygen atoms in total. The molecule has 1 aliphatic heterocycles. The molecule has 0 radical (unpaired) electrons. The maximum Gasteiger partial charge on any atom is 0.310 e. The Morgan fingerprint density at radius 1 is 0.886 bits per heavy atom. The molecule has 0 bridgehead atoms. The van der Waals surface area contributed by atoms with E-state index in [1.165, 1.54) is 16.4 Å². The zero-order valence-electron chi connectivity index (χ0n) is 19.1. The third-order valence-corrected chi connectivity index (χ3v) is 7.39. The average molecular weight is 495 g/mol. The van der Waals surface area contributed by atoms with Crippen LogP contribution < -0.4 is 5.32 Å². The lowest BCUT2D eigenvalue weighted by atomic mass is 10.0. The number of benzene rings is 3. The summed E-state index contributed by atoms with van der Waals surface area (Å²) in [4.78, 5) is 24.5. The highest BCUT2D eigenvalue weighted by atomic mass is 32.2. The minimum absolute atomic E-state index is 0.0373. The van der Waals surface area contributed by atoms with Crippen molar-refractivity contribution in [3.63, 3.8) is 0 Å². The van der Waals surface area contributed by atoms with Crippen molar-refractivity contribution in [3.05, 3.63) is 84.4 Å². The van der Waals surface area contributed by atoms with Crippen LogP contribution in [0.5, 0.6) is 0 Å². The Morgan fingerprint density at radius 2 is 1.57 bits per heavy atom. The lowest BCUT2D eigenvalue weighted by molar-refractivity contribution is -0.146. The quantitative estimate of drug-likeness (QED) is 0.483. The molecule has 1 fully saturated rings. The van der Waals surface area contributed by atoms with Gasteiger partial charge in [-0.2, -0.15) is 4.31 Å². The maximum atomic E-state index is 12.8. The molecule has 182 valence electrons. The number of sulfonamides is 1. The molecule has 3 aromatic carbocycles.